The largest absolute Gasteiger partial charge is 0.358 e. The van der Waals surface area contributed by atoms with Crippen molar-refractivity contribution in [2.24, 2.45) is 0 Å². The Bertz CT molecular complexity index is 207. The van der Waals surface area contributed by atoms with Gasteiger partial charge in [-0.15, -0.1) is 0 Å². The van der Waals surface area contributed by atoms with E-state index in [1.165, 1.54) is 38.5 Å². The maximum atomic E-state index is 11.3. The molecule has 0 aliphatic rings. The molecule has 0 saturated heterocycles. The van der Waals surface area contributed by atoms with Crippen LogP contribution >= 0.6 is 0 Å². The lowest BCUT2D eigenvalue weighted by Gasteiger charge is -2.20. The molecule has 0 amide bonds. The van der Waals surface area contributed by atoms with Gasteiger partial charge >= 0.3 is 5.97 Å². The number of carbonyl (C=O) groups excluding carboxylic acids is 1. The van der Waals surface area contributed by atoms with Gasteiger partial charge in [0.15, 0.2) is 0 Å². The van der Waals surface area contributed by atoms with Crippen LogP contribution in [0.5, 0.6) is 0 Å². The van der Waals surface area contributed by atoms with Gasteiger partial charge in [0.1, 0.15) is 6.04 Å². The van der Waals surface area contributed by atoms with E-state index in [1.807, 2.05) is 14.1 Å². The van der Waals surface area contributed by atoms with Crippen LogP contribution in [0.25, 0.3) is 0 Å². The summed E-state index contributed by atoms with van der Waals surface area (Å²) >= 11 is 0. The topological polar surface area (TPSA) is 49.8 Å². The Labute approximate surface area is 111 Å². The minimum absolute atomic E-state index is 0.324. The molecule has 1 N–H and O–H groups in total. The summed E-state index contributed by atoms with van der Waals surface area (Å²) in [7, 11) is 3.65. The zero-order valence-corrected chi connectivity index (χ0v) is 12.2. The predicted octanol–water partition coefficient (Wildman–Crippen LogP) is 3.46. The van der Waals surface area contributed by atoms with E-state index in [-0.39, 0.29) is 6.04 Å². The second-order valence-electron chi connectivity index (χ2n) is 5.15. The Balaban J connectivity index is 3.53. The first kappa shape index (κ1) is 17.4. The highest BCUT2D eigenvalue weighted by Gasteiger charge is 2.21. The van der Waals surface area contributed by atoms with E-state index in [0.29, 0.717) is 0 Å². The van der Waals surface area contributed by atoms with E-state index in [1.54, 1.807) is 4.90 Å². The fourth-order valence-corrected chi connectivity index (χ4v) is 2.12. The van der Waals surface area contributed by atoms with Crippen molar-refractivity contribution < 1.29 is 14.9 Å². The fourth-order valence-electron chi connectivity index (χ4n) is 2.12. The summed E-state index contributed by atoms with van der Waals surface area (Å²) in [6, 6.07) is -0.324. The van der Waals surface area contributed by atoms with Crippen LogP contribution in [0.15, 0.2) is 0 Å². The molecule has 1 unspecified atom stereocenters. The minimum atomic E-state index is -0.553. The van der Waals surface area contributed by atoms with Crippen molar-refractivity contribution in [1.29, 1.82) is 0 Å². The monoisotopic (exact) mass is 259 g/mol. The molecular formula is C14H29NO3. The summed E-state index contributed by atoms with van der Waals surface area (Å²) in [6.07, 6.45) is 10.7. The number of likely N-dealkylation sites (N-methyl/N-ethyl adjacent to an activating group) is 1. The van der Waals surface area contributed by atoms with Gasteiger partial charge in [-0.2, -0.15) is 5.26 Å². The van der Waals surface area contributed by atoms with Gasteiger partial charge in [0.2, 0.25) is 0 Å². The Kier molecular flexibility index (Phi) is 11.1. The van der Waals surface area contributed by atoms with Crippen molar-refractivity contribution in [2.75, 3.05) is 14.1 Å². The molecule has 0 aromatic heterocycles. The SMILES string of the molecule is CCCCCCCCCCC(C(=O)OO)N(C)C. The molecule has 0 spiro atoms. The second kappa shape index (κ2) is 11.5. The van der Waals surface area contributed by atoms with Crippen LogP contribution in [0.1, 0.15) is 64.7 Å². The molecule has 0 aromatic carbocycles. The van der Waals surface area contributed by atoms with Gasteiger partial charge in [-0.3, -0.25) is 9.79 Å². The van der Waals surface area contributed by atoms with Gasteiger partial charge in [0, 0.05) is 0 Å². The van der Waals surface area contributed by atoms with Crippen molar-refractivity contribution in [3.05, 3.63) is 0 Å². The summed E-state index contributed by atoms with van der Waals surface area (Å²) in [5, 5.41) is 8.40. The summed E-state index contributed by atoms with van der Waals surface area (Å²) < 4.78 is 0. The molecular weight excluding hydrogens is 230 g/mol. The van der Waals surface area contributed by atoms with E-state index < -0.39 is 5.97 Å². The molecule has 0 aromatic rings. The molecule has 0 bridgehead atoms. The maximum absolute atomic E-state index is 11.3. The molecule has 18 heavy (non-hydrogen) atoms. The van der Waals surface area contributed by atoms with Gasteiger partial charge < -0.3 is 0 Å². The van der Waals surface area contributed by atoms with Crippen LogP contribution in [-0.2, 0) is 9.68 Å². The van der Waals surface area contributed by atoms with E-state index in [2.05, 4.69) is 11.8 Å². The highest BCUT2D eigenvalue weighted by Crippen LogP contribution is 2.12. The van der Waals surface area contributed by atoms with Crippen molar-refractivity contribution >= 4 is 5.97 Å². The summed E-state index contributed by atoms with van der Waals surface area (Å²) in [4.78, 5) is 16.9. The summed E-state index contributed by atoms with van der Waals surface area (Å²) in [5.41, 5.74) is 0. The average molecular weight is 259 g/mol. The molecule has 108 valence electrons. The highest BCUT2D eigenvalue weighted by atomic mass is 17.1. The Morgan fingerprint density at radius 2 is 1.56 bits per heavy atom. The molecule has 4 nitrogen and oxygen atoms in total. The molecule has 0 heterocycles. The number of rotatable bonds is 11. The van der Waals surface area contributed by atoms with Crippen molar-refractivity contribution in [2.45, 2.75) is 70.8 Å². The molecule has 0 saturated carbocycles. The minimum Gasteiger partial charge on any atom is -0.299 e. The smallest absolute Gasteiger partial charge is 0.299 e. The lowest BCUT2D eigenvalue weighted by molar-refractivity contribution is -0.239. The van der Waals surface area contributed by atoms with Crippen molar-refractivity contribution in [1.82, 2.24) is 4.90 Å². The summed E-state index contributed by atoms with van der Waals surface area (Å²) in [6.45, 7) is 2.22. The van der Waals surface area contributed by atoms with Crippen LogP contribution < -0.4 is 0 Å². The van der Waals surface area contributed by atoms with Gasteiger partial charge in [-0.25, -0.2) is 4.79 Å². The lowest BCUT2D eigenvalue weighted by atomic mass is 10.0. The fraction of sp³-hybridized carbons (Fsp3) is 0.929. The van der Waals surface area contributed by atoms with Crippen molar-refractivity contribution in [3.63, 3.8) is 0 Å². The lowest BCUT2D eigenvalue weighted by Crippen LogP contribution is -2.36. The first-order valence-corrected chi connectivity index (χ1v) is 7.15. The molecule has 0 fully saturated rings. The zero-order valence-electron chi connectivity index (χ0n) is 12.2. The Morgan fingerprint density at radius 3 is 2.00 bits per heavy atom. The number of nitrogens with zero attached hydrogens (tertiary/aromatic N) is 1. The number of carbonyl (C=O) groups is 1. The second-order valence-corrected chi connectivity index (χ2v) is 5.15. The number of hydrogen-bond donors (Lipinski definition) is 1. The third kappa shape index (κ3) is 8.48. The summed E-state index contributed by atoms with van der Waals surface area (Å²) in [5.74, 6) is -0.553. The van der Waals surface area contributed by atoms with Gasteiger partial charge in [0.05, 0.1) is 0 Å². The van der Waals surface area contributed by atoms with Crippen LogP contribution in [-0.4, -0.2) is 36.3 Å². The number of hydrogen-bond acceptors (Lipinski definition) is 4. The standard InChI is InChI=1S/C14H29NO3/c1-4-5-6-7-8-9-10-11-12-13(15(2)3)14(16)18-17/h13,17H,4-12H2,1-3H3. The number of unbranched alkanes of at least 4 members (excludes halogenated alkanes) is 7. The quantitative estimate of drug-likeness (QED) is 0.351. The van der Waals surface area contributed by atoms with Crippen LogP contribution in [0.2, 0.25) is 0 Å². The molecule has 0 radical (unpaired) electrons. The predicted molar refractivity (Wildman–Crippen MR) is 73.4 cm³/mol. The first-order valence-electron chi connectivity index (χ1n) is 7.15. The van der Waals surface area contributed by atoms with E-state index >= 15 is 0 Å². The van der Waals surface area contributed by atoms with E-state index in [9.17, 15) is 4.79 Å². The van der Waals surface area contributed by atoms with Crippen molar-refractivity contribution in [3.8, 4) is 0 Å². The molecule has 1 atom stereocenters. The molecule has 0 aliphatic heterocycles. The molecule has 4 heteroatoms. The normalized spacial score (nSPS) is 12.7. The van der Waals surface area contributed by atoms with E-state index in [0.717, 1.165) is 19.3 Å². The third-order valence-electron chi connectivity index (χ3n) is 3.32. The Hall–Kier alpha value is -0.610. The van der Waals surface area contributed by atoms with Crippen LogP contribution in [0, 0.1) is 0 Å². The average Bonchev–Trinajstić information content (AvgIpc) is 2.35. The highest BCUT2D eigenvalue weighted by molar-refractivity contribution is 5.74. The van der Waals surface area contributed by atoms with Gasteiger partial charge in [-0.1, -0.05) is 58.3 Å². The molecule has 0 rings (SSSR count). The molecule has 0 aliphatic carbocycles. The van der Waals surface area contributed by atoms with Gasteiger partial charge in [-0.05, 0) is 20.5 Å². The first-order chi connectivity index (χ1) is 8.63. The zero-order chi connectivity index (χ0) is 13.8. The Morgan fingerprint density at radius 1 is 1.06 bits per heavy atom. The van der Waals surface area contributed by atoms with Crippen LogP contribution in [0.3, 0.4) is 0 Å². The third-order valence-corrected chi connectivity index (χ3v) is 3.32. The van der Waals surface area contributed by atoms with Crippen LogP contribution in [0.4, 0.5) is 0 Å². The maximum Gasteiger partial charge on any atom is 0.358 e. The van der Waals surface area contributed by atoms with Gasteiger partial charge in [0.25, 0.3) is 0 Å². The van der Waals surface area contributed by atoms with E-state index in [4.69, 9.17) is 5.26 Å².